The molecule has 0 radical (unpaired) electrons. The number of aryl methyl sites for hydroxylation is 2. The second-order valence-corrected chi connectivity index (χ2v) is 3.72. The standard InChI is InChI=1S/C11H19N5O/c1-5-8-9(6-2)15-16-11(14-8)13-7(3)10(17)12-4/h7H,5-6H2,1-4H3,(H,12,17)(H,13,14,16). The average Bonchev–Trinajstić information content (AvgIpc) is 2.37. The Balaban J connectivity index is 2.82. The summed E-state index contributed by atoms with van der Waals surface area (Å²) in [6.45, 7) is 5.79. The highest BCUT2D eigenvalue weighted by Crippen LogP contribution is 2.07. The summed E-state index contributed by atoms with van der Waals surface area (Å²) < 4.78 is 0. The van der Waals surface area contributed by atoms with Crippen molar-refractivity contribution in [1.82, 2.24) is 20.5 Å². The van der Waals surface area contributed by atoms with Crippen molar-refractivity contribution < 1.29 is 4.79 Å². The van der Waals surface area contributed by atoms with E-state index in [0.29, 0.717) is 5.95 Å². The van der Waals surface area contributed by atoms with Gasteiger partial charge in [-0.3, -0.25) is 4.79 Å². The Morgan fingerprint density at radius 1 is 1.24 bits per heavy atom. The van der Waals surface area contributed by atoms with Gasteiger partial charge in [0.25, 0.3) is 0 Å². The van der Waals surface area contributed by atoms with Gasteiger partial charge in [-0.25, -0.2) is 4.98 Å². The maximum atomic E-state index is 11.3. The van der Waals surface area contributed by atoms with Gasteiger partial charge in [0.2, 0.25) is 11.9 Å². The molecule has 2 N–H and O–H groups in total. The Bertz CT molecular complexity index is 393. The Labute approximate surface area is 101 Å². The lowest BCUT2D eigenvalue weighted by Gasteiger charge is -2.12. The molecule has 0 fully saturated rings. The minimum absolute atomic E-state index is 0.105. The number of aromatic nitrogens is 3. The Kier molecular flexibility index (Phi) is 4.81. The zero-order valence-corrected chi connectivity index (χ0v) is 10.7. The topological polar surface area (TPSA) is 79.8 Å². The largest absolute Gasteiger partial charge is 0.357 e. The molecule has 1 aromatic heterocycles. The Hall–Kier alpha value is -1.72. The van der Waals surface area contributed by atoms with Gasteiger partial charge in [-0.15, -0.1) is 5.10 Å². The molecule has 1 amide bonds. The number of carbonyl (C=O) groups excluding carboxylic acids is 1. The molecule has 1 unspecified atom stereocenters. The molecule has 0 aliphatic heterocycles. The van der Waals surface area contributed by atoms with Crippen molar-refractivity contribution in [3.8, 4) is 0 Å². The van der Waals surface area contributed by atoms with Crippen LogP contribution in [0.15, 0.2) is 0 Å². The van der Waals surface area contributed by atoms with Crippen LogP contribution in [0.3, 0.4) is 0 Å². The number of likely N-dealkylation sites (N-methyl/N-ethyl adjacent to an activating group) is 1. The van der Waals surface area contributed by atoms with Crippen molar-refractivity contribution in [2.75, 3.05) is 12.4 Å². The molecule has 6 nitrogen and oxygen atoms in total. The summed E-state index contributed by atoms with van der Waals surface area (Å²) in [5.74, 6) is 0.293. The van der Waals surface area contributed by atoms with Gasteiger partial charge < -0.3 is 10.6 Å². The summed E-state index contributed by atoms with van der Waals surface area (Å²) >= 11 is 0. The molecular weight excluding hydrogens is 218 g/mol. The molecule has 0 spiro atoms. The van der Waals surface area contributed by atoms with Crippen molar-refractivity contribution in [2.24, 2.45) is 0 Å². The molecule has 6 heteroatoms. The van der Waals surface area contributed by atoms with Gasteiger partial charge in [-0.1, -0.05) is 13.8 Å². The summed E-state index contributed by atoms with van der Waals surface area (Å²) in [6.07, 6.45) is 1.62. The number of hydrogen-bond donors (Lipinski definition) is 2. The minimum Gasteiger partial charge on any atom is -0.357 e. The number of hydrogen-bond acceptors (Lipinski definition) is 5. The van der Waals surface area contributed by atoms with E-state index < -0.39 is 0 Å². The maximum Gasteiger partial charge on any atom is 0.243 e. The Morgan fingerprint density at radius 2 is 1.88 bits per heavy atom. The number of carbonyl (C=O) groups is 1. The number of rotatable bonds is 5. The SMILES string of the molecule is CCc1nnc(NC(C)C(=O)NC)nc1CC. The number of amides is 1. The van der Waals surface area contributed by atoms with Crippen LogP contribution in [0.25, 0.3) is 0 Å². The van der Waals surface area contributed by atoms with Crippen LogP contribution in [0.1, 0.15) is 32.2 Å². The highest BCUT2D eigenvalue weighted by Gasteiger charge is 2.13. The fourth-order valence-electron chi connectivity index (χ4n) is 1.47. The fourth-order valence-corrected chi connectivity index (χ4v) is 1.47. The van der Waals surface area contributed by atoms with Gasteiger partial charge in [0, 0.05) is 7.05 Å². The van der Waals surface area contributed by atoms with Crippen LogP contribution in [0.2, 0.25) is 0 Å². The predicted octanol–water partition coefficient (Wildman–Crippen LogP) is 0.543. The lowest BCUT2D eigenvalue weighted by atomic mass is 10.2. The molecule has 0 aliphatic rings. The molecule has 1 heterocycles. The van der Waals surface area contributed by atoms with Crippen molar-refractivity contribution in [1.29, 1.82) is 0 Å². The minimum atomic E-state index is -0.376. The number of anilines is 1. The monoisotopic (exact) mass is 237 g/mol. The van der Waals surface area contributed by atoms with E-state index in [2.05, 4.69) is 25.8 Å². The van der Waals surface area contributed by atoms with Crippen LogP contribution in [-0.2, 0) is 17.6 Å². The first-order valence-electron chi connectivity index (χ1n) is 5.82. The average molecular weight is 237 g/mol. The summed E-state index contributed by atoms with van der Waals surface area (Å²) in [5.41, 5.74) is 1.83. The van der Waals surface area contributed by atoms with Gasteiger partial charge in [0.05, 0.1) is 11.4 Å². The highest BCUT2D eigenvalue weighted by atomic mass is 16.2. The van der Waals surface area contributed by atoms with E-state index in [0.717, 1.165) is 24.2 Å². The normalized spacial score (nSPS) is 12.0. The van der Waals surface area contributed by atoms with Gasteiger partial charge in [0.15, 0.2) is 0 Å². The van der Waals surface area contributed by atoms with E-state index in [1.54, 1.807) is 14.0 Å². The third-order valence-corrected chi connectivity index (χ3v) is 2.49. The molecule has 0 aromatic carbocycles. The second kappa shape index (κ2) is 6.12. The van der Waals surface area contributed by atoms with Crippen LogP contribution in [0.4, 0.5) is 5.95 Å². The first-order chi connectivity index (χ1) is 8.12. The molecule has 1 rings (SSSR count). The van der Waals surface area contributed by atoms with Crippen LogP contribution in [0.5, 0.6) is 0 Å². The summed E-state index contributed by atoms with van der Waals surface area (Å²) in [7, 11) is 1.59. The molecular formula is C11H19N5O. The van der Waals surface area contributed by atoms with Crippen LogP contribution in [0, 0.1) is 0 Å². The van der Waals surface area contributed by atoms with Crippen molar-refractivity contribution in [3.63, 3.8) is 0 Å². The van der Waals surface area contributed by atoms with E-state index in [4.69, 9.17) is 0 Å². The van der Waals surface area contributed by atoms with E-state index >= 15 is 0 Å². The van der Waals surface area contributed by atoms with E-state index in [1.807, 2.05) is 13.8 Å². The first kappa shape index (κ1) is 13.3. The number of nitrogens with zero attached hydrogens (tertiary/aromatic N) is 3. The molecule has 1 aromatic rings. The lowest BCUT2D eigenvalue weighted by Crippen LogP contribution is -2.35. The van der Waals surface area contributed by atoms with Gasteiger partial charge >= 0.3 is 0 Å². The zero-order valence-electron chi connectivity index (χ0n) is 10.7. The quantitative estimate of drug-likeness (QED) is 0.781. The first-order valence-corrected chi connectivity index (χ1v) is 5.82. The molecule has 0 saturated heterocycles. The predicted molar refractivity (Wildman–Crippen MR) is 65.7 cm³/mol. The molecule has 94 valence electrons. The van der Waals surface area contributed by atoms with Crippen molar-refractivity contribution >= 4 is 11.9 Å². The second-order valence-electron chi connectivity index (χ2n) is 3.72. The van der Waals surface area contributed by atoms with E-state index in [1.165, 1.54) is 0 Å². The Morgan fingerprint density at radius 3 is 2.41 bits per heavy atom. The summed E-state index contributed by atoms with van der Waals surface area (Å²) in [5, 5.41) is 13.5. The van der Waals surface area contributed by atoms with Gasteiger partial charge in [-0.05, 0) is 19.8 Å². The third-order valence-electron chi connectivity index (χ3n) is 2.49. The molecule has 0 aliphatic carbocycles. The molecule has 0 bridgehead atoms. The van der Waals surface area contributed by atoms with Crippen LogP contribution in [-0.4, -0.2) is 34.2 Å². The summed E-state index contributed by atoms with van der Waals surface area (Å²) in [6, 6.07) is -0.376. The molecule has 17 heavy (non-hydrogen) atoms. The third kappa shape index (κ3) is 3.37. The number of nitrogens with one attached hydrogen (secondary N) is 2. The zero-order chi connectivity index (χ0) is 12.8. The van der Waals surface area contributed by atoms with Gasteiger partial charge in [0.1, 0.15) is 6.04 Å². The van der Waals surface area contributed by atoms with Crippen molar-refractivity contribution in [2.45, 2.75) is 39.7 Å². The highest BCUT2D eigenvalue weighted by molar-refractivity contribution is 5.83. The van der Waals surface area contributed by atoms with E-state index in [9.17, 15) is 4.79 Å². The smallest absolute Gasteiger partial charge is 0.243 e. The van der Waals surface area contributed by atoms with Crippen molar-refractivity contribution in [3.05, 3.63) is 11.4 Å². The van der Waals surface area contributed by atoms with E-state index in [-0.39, 0.29) is 11.9 Å². The molecule has 1 atom stereocenters. The lowest BCUT2D eigenvalue weighted by molar-refractivity contribution is -0.121. The van der Waals surface area contributed by atoms with Crippen LogP contribution < -0.4 is 10.6 Å². The molecule has 0 saturated carbocycles. The maximum absolute atomic E-state index is 11.3. The summed E-state index contributed by atoms with van der Waals surface area (Å²) in [4.78, 5) is 15.7. The fraction of sp³-hybridized carbons (Fsp3) is 0.636. The van der Waals surface area contributed by atoms with Gasteiger partial charge in [-0.2, -0.15) is 5.10 Å². The van der Waals surface area contributed by atoms with Crippen LogP contribution >= 0.6 is 0 Å².